The van der Waals surface area contributed by atoms with Crippen LogP contribution < -0.4 is 14.8 Å². The van der Waals surface area contributed by atoms with Crippen LogP contribution in [0.15, 0.2) is 48.0 Å². The largest absolute Gasteiger partial charge is 0.493 e. The molecular formula is C20H20N2O3. The molecule has 2 rings (SSSR count). The number of carbonyl (C=O) groups is 1. The van der Waals surface area contributed by atoms with Crippen LogP contribution in [0.2, 0.25) is 0 Å². The number of ether oxygens (including phenoxy) is 2. The van der Waals surface area contributed by atoms with Crippen LogP contribution in [0.4, 0.5) is 0 Å². The number of hydrogen-bond acceptors (Lipinski definition) is 4. The van der Waals surface area contributed by atoms with Crippen LogP contribution in [-0.4, -0.2) is 20.1 Å². The van der Waals surface area contributed by atoms with Gasteiger partial charge in [0.15, 0.2) is 11.5 Å². The summed E-state index contributed by atoms with van der Waals surface area (Å²) in [6, 6.07) is 15.2. The number of nitrogens with zero attached hydrogens (tertiary/aromatic N) is 1. The van der Waals surface area contributed by atoms with Crippen molar-refractivity contribution in [3.05, 3.63) is 64.7 Å². The van der Waals surface area contributed by atoms with E-state index >= 15 is 0 Å². The minimum atomic E-state index is -0.429. The third-order valence-corrected chi connectivity index (χ3v) is 3.74. The number of hydrogen-bond donors (Lipinski definition) is 1. The number of carbonyl (C=O) groups excluding carboxylic acids is 1. The molecule has 0 unspecified atom stereocenters. The van der Waals surface area contributed by atoms with E-state index in [1.165, 1.54) is 13.1 Å². The first-order valence-electron chi connectivity index (χ1n) is 7.78. The molecule has 128 valence electrons. The van der Waals surface area contributed by atoms with Crippen molar-refractivity contribution in [3.8, 4) is 17.6 Å². The molecule has 0 aromatic heterocycles. The minimum Gasteiger partial charge on any atom is -0.493 e. The molecule has 5 nitrogen and oxygen atoms in total. The van der Waals surface area contributed by atoms with Crippen LogP contribution >= 0.6 is 0 Å². The Bertz CT molecular complexity index is 835. The quantitative estimate of drug-likeness (QED) is 0.649. The molecule has 2 aromatic rings. The second kappa shape index (κ2) is 8.55. The van der Waals surface area contributed by atoms with E-state index in [1.54, 1.807) is 25.3 Å². The number of aryl methyl sites for hydroxylation is 1. The van der Waals surface area contributed by atoms with Gasteiger partial charge in [-0.1, -0.05) is 30.3 Å². The third-order valence-electron chi connectivity index (χ3n) is 3.74. The fourth-order valence-electron chi connectivity index (χ4n) is 2.27. The van der Waals surface area contributed by atoms with E-state index in [1.807, 2.05) is 37.3 Å². The number of likely N-dealkylation sites (N-methyl/N-ethyl adjacent to an activating group) is 1. The lowest BCUT2D eigenvalue weighted by Gasteiger charge is -2.12. The minimum absolute atomic E-state index is 0.0260. The van der Waals surface area contributed by atoms with Crippen molar-refractivity contribution in [1.82, 2.24) is 5.32 Å². The van der Waals surface area contributed by atoms with Gasteiger partial charge in [-0.05, 0) is 41.8 Å². The lowest BCUT2D eigenvalue weighted by atomic mass is 10.1. The Morgan fingerprint density at radius 1 is 1.24 bits per heavy atom. The second-order valence-corrected chi connectivity index (χ2v) is 5.37. The van der Waals surface area contributed by atoms with E-state index in [0.717, 1.165) is 11.1 Å². The molecule has 25 heavy (non-hydrogen) atoms. The lowest BCUT2D eigenvalue weighted by Crippen LogP contribution is -2.19. The normalized spacial score (nSPS) is 10.7. The summed E-state index contributed by atoms with van der Waals surface area (Å²) in [5.41, 5.74) is 2.96. The number of rotatable bonds is 6. The van der Waals surface area contributed by atoms with Crippen LogP contribution in [0.5, 0.6) is 11.5 Å². The number of nitrogens with one attached hydrogen (secondary N) is 1. The molecular weight excluding hydrogens is 316 g/mol. The zero-order chi connectivity index (χ0) is 18.2. The van der Waals surface area contributed by atoms with Gasteiger partial charge in [0.1, 0.15) is 18.2 Å². The molecule has 0 aliphatic carbocycles. The van der Waals surface area contributed by atoms with Gasteiger partial charge in [-0.15, -0.1) is 0 Å². The number of amides is 1. The molecule has 1 amide bonds. The Kier molecular flexibility index (Phi) is 6.19. The van der Waals surface area contributed by atoms with E-state index in [2.05, 4.69) is 5.32 Å². The smallest absolute Gasteiger partial charge is 0.261 e. The first kappa shape index (κ1) is 18.1. The van der Waals surface area contributed by atoms with Gasteiger partial charge in [0.2, 0.25) is 0 Å². The van der Waals surface area contributed by atoms with Gasteiger partial charge in [0.25, 0.3) is 5.91 Å². The molecule has 0 saturated heterocycles. The van der Waals surface area contributed by atoms with E-state index < -0.39 is 5.91 Å². The van der Waals surface area contributed by atoms with Crippen molar-refractivity contribution >= 4 is 12.0 Å². The van der Waals surface area contributed by atoms with Crippen LogP contribution in [-0.2, 0) is 11.4 Å². The molecule has 0 fully saturated rings. The second-order valence-electron chi connectivity index (χ2n) is 5.37. The Hall–Kier alpha value is -3.26. The monoisotopic (exact) mass is 336 g/mol. The fraction of sp³-hybridized carbons (Fsp3) is 0.200. The molecule has 0 heterocycles. The molecule has 0 aliphatic heterocycles. The number of nitriles is 1. The summed E-state index contributed by atoms with van der Waals surface area (Å²) in [6.45, 7) is 2.46. The van der Waals surface area contributed by atoms with E-state index in [0.29, 0.717) is 23.7 Å². The molecule has 0 bridgehead atoms. The highest BCUT2D eigenvalue weighted by Crippen LogP contribution is 2.30. The topological polar surface area (TPSA) is 71.4 Å². The summed E-state index contributed by atoms with van der Waals surface area (Å²) in [6.07, 6.45) is 1.51. The molecule has 0 aliphatic rings. The Morgan fingerprint density at radius 2 is 2.00 bits per heavy atom. The highest BCUT2D eigenvalue weighted by atomic mass is 16.5. The maximum absolute atomic E-state index is 11.6. The van der Waals surface area contributed by atoms with Crippen molar-refractivity contribution in [2.45, 2.75) is 13.5 Å². The highest BCUT2D eigenvalue weighted by molar-refractivity contribution is 6.01. The molecule has 0 saturated carbocycles. The molecule has 0 spiro atoms. The van der Waals surface area contributed by atoms with Crippen LogP contribution in [0.25, 0.3) is 6.08 Å². The van der Waals surface area contributed by atoms with Crippen molar-refractivity contribution in [2.75, 3.05) is 14.2 Å². The van der Waals surface area contributed by atoms with Gasteiger partial charge in [-0.2, -0.15) is 5.26 Å². The lowest BCUT2D eigenvalue weighted by molar-refractivity contribution is -0.116. The molecule has 2 aromatic carbocycles. The van der Waals surface area contributed by atoms with Gasteiger partial charge in [0.05, 0.1) is 7.11 Å². The summed E-state index contributed by atoms with van der Waals surface area (Å²) < 4.78 is 11.2. The summed E-state index contributed by atoms with van der Waals surface area (Å²) in [5.74, 6) is 0.708. The average molecular weight is 336 g/mol. The SMILES string of the molecule is CNC(=O)/C(C#N)=C\c1ccc(OCc2ccccc2C)c(OC)c1. The summed E-state index contributed by atoms with van der Waals surface area (Å²) >= 11 is 0. The number of benzene rings is 2. The molecule has 0 radical (unpaired) electrons. The Labute approximate surface area is 147 Å². The van der Waals surface area contributed by atoms with Gasteiger partial charge in [-0.25, -0.2) is 0 Å². The molecule has 5 heteroatoms. The zero-order valence-electron chi connectivity index (χ0n) is 14.5. The summed E-state index contributed by atoms with van der Waals surface area (Å²) in [7, 11) is 3.03. The fourth-order valence-corrected chi connectivity index (χ4v) is 2.27. The standard InChI is InChI=1S/C20H20N2O3/c1-14-6-4-5-7-16(14)13-25-18-9-8-15(11-19(18)24-3)10-17(12-21)20(23)22-2/h4-11H,13H2,1-3H3,(H,22,23)/b17-10-. The zero-order valence-corrected chi connectivity index (χ0v) is 14.5. The number of methoxy groups -OCH3 is 1. The van der Waals surface area contributed by atoms with Crippen molar-refractivity contribution in [2.24, 2.45) is 0 Å². The average Bonchev–Trinajstić information content (AvgIpc) is 2.65. The first-order valence-corrected chi connectivity index (χ1v) is 7.78. The van der Waals surface area contributed by atoms with E-state index in [-0.39, 0.29) is 5.57 Å². The first-order chi connectivity index (χ1) is 12.1. The van der Waals surface area contributed by atoms with Crippen molar-refractivity contribution in [3.63, 3.8) is 0 Å². The van der Waals surface area contributed by atoms with Crippen LogP contribution in [0.3, 0.4) is 0 Å². The predicted octanol–water partition coefficient (Wildman–Crippen LogP) is 3.24. The van der Waals surface area contributed by atoms with Crippen LogP contribution in [0, 0.1) is 18.3 Å². The molecule has 1 N–H and O–H groups in total. The maximum Gasteiger partial charge on any atom is 0.261 e. The van der Waals surface area contributed by atoms with Crippen molar-refractivity contribution < 1.29 is 14.3 Å². The molecule has 0 atom stereocenters. The van der Waals surface area contributed by atoms with Crippen molar-refractivity contribution in [1.29, 1.82) is 5.26 Å². The van der Waals surface area contributed by atoms with Gasteiger partial charge in [0, 0.05) is 7.05 Å². The Balaban J connectivity index is 2.22. The summed E-state index contributed by atoms with van der Waals surface area (Å²) in [5, 5.41) is 11.5. The van der Waals surface area contributed by atoms with E-state index in [4.69, 9.17) is 14.7 Å². The highest BCUT2D eigenvalue weighted by Gasteiger charge is 2.09. The van der Waals surface area contributed by atoms with Gasteiger partial charge < -0.3 is 14.8 Å². The third kappa shape index (κ3) is 4.61. The van der Waals surface area contributed by atoms with Gasteiger partial charge in [-0.3, -0.25) is 4.79 Å². The van der Waals surface area contributed by atoms with Crippen LogP contribution in [0.1, 0.15) is 16.7 Å². The maximum atomic E-state index is 11.6. The summed E-state index contributed by atoms with van der Waals surface area (Å²) in [4.78, 5) is 11.6. The van der Waals surface area contributed by atoms with Gasteiger partial charge >= 0.3 is 0 Å². The van der Waals surface area contributed by atoms with E-state index in [9.17, 15) is 4.79 Å². The Morgan fingerprint density at radius 3 is 2.64 bits per heavy atom. The predicted molar refractivity (Wildman–Crippen MR) is 96.2 cm³/mol.